The van der Waals surface area contributed by atoms with Gasteiger partial charge in [0, 0.05) is 20.1 Å². The van der Waals surface area contributed by atoms with Crippen LogP contribution in [0.3, 0.4) is 0 Å². The Morgan fingerprint density at radius 3 is 2.69 bits per heavy atom. The maximum Gasteiger partial charge on any atom is 0.138 e. The number of aryl methyl sites for hydroxylation is 1. The zero-order chi connectivity index (χ0) is 9.90. The molecular weight excluding hydrogens is 166 g/mol. The first kappa shape index (κ1) is 10.2. The SMILES string of the molecule is CCC(C)(CO)Cc1ncnn1C. The molecule has 0 aliphatic carbocycles. The standard InChI is InChI=1S/C9H17N3O/c1-4-9(2,6-13)5-8-10-7-11-12(8)3/h7,13H,4-6H2,1-3H3. The lowest BCUT2D eigenvalue weighted by molar-refractivity contribution is 0.134. The fraction of sp³-hybridized carbons (Fsp3) is 0.778. The second-order valence-electron chi connectivity index (χ2n) is 3.80. The zero-order valence-corrected chi connectivity index (χ0v) is 8.49. The molecule has 4 nitrogen and oxygen atoms in total. The molecule has 4 heteroatoms. The minimum absolute atomic E-state index is 0.0687. The van der Waals surface area contributed by atoms with E-state index in [0.717, 1.165) is 18.7 Å². The molecule has 74 valence electrons. The first-order valence-corrected chi connectivity index (χ1v) is 4.55. The average Bonchev–Trinajstić information content (AvgIpc) is 2.52. The summed E-state index contributed by atoms with van der Waals surface area (Å²) in [6, 6.07) is 0. The zero-order valence-electron chi connectivity index (χ0n) is 8.49. The molecule has 13 heavy (non-hydrogen) atoms. The molecule has 0 aliphatic rings. The van der Waals surface area contributed by atoms with Crippen LogP contribution in [0.25, 0.3) is 0 Å². The third-order valence-corrected chi connectivity index (χ3v) is 2.63. The van der Waals surface area contributed by atoms with Crippen LogP contribution in [0.15, 0.2) is 6.33 Å². The van der Waals surface area contributed by atoms with E-state index in [2.05, 4.69) is 23.9 Å². The Labute approximate surface area is 78.6 Å². The highest BCUT2D eigenvalue weighted by molar-refractivity contribution is 4.91. The Balaban J connectivity index is 2.73. The van der Waals surface area contributed by atoms with E-state index in [1.54, 1.807) is 11.0 Å². The van der Waals surface area contributed by atoms with Crippen LogP contribution >= 0.6 is 0 Å². The predicted molar refractivity (Wildman–Crippen MR) is 50.2 cm³/mol. The van der Waals surface area contributed by atoms with E-state index in [-0.39, 0.29) is 12.0 Å². The van der Waals surface area contributed by atoms with E-state index in [1.807, 2.05) is 7.05 Å². The predicted octanol–water partition coefficient (Wildman–Crippen LogP) is 0.766. The van der Waals surface area contributed by atoms with E-state index in [4.69, 9.17) is 0 Å². The number of aromatic nitrogens is 3. The van der Waals surface area contributed by atoms with Crippen molar-refractivity contribution in [2.75, 3.05) is 6.61 Å². The normalized spacial score (nSPS) is 15.7. The molecule has 1 unspecified atom stereocenters. The number of aliphatic hydroxyl groups is 1. The van der Waals surface area contributed by atoms with Crippen molar-refractivity contribution in [2.24, 2.45) is 12.5 Å². The number of hydrogen-bond donors (Lipinski definition) is 1. The molecule has 1 atom stereocenters. The van der Waals surface area contributed by atoms with Crippen LogP contribution in [0, 0.1) is 5.41 Å². The topological polar surface area (TPSA) is 50.9 Å². The Morgan fingerprint density at radius 1 is 1.62 bits per heavy atom. The van der Waals surface area contributed by atoms with Gasteiger partial charge in [0.25, 0.3) is 0 Å². The van der Waals surface area contributed by atoms with Crippen molar-refractivity contribution in [2.45, 2.75) is 26.7 Å². The molecule has 1 heterocycles. The molecule has 0 aliphatic heterocycles. The summed E-state index contributed by atoms with van der Waals surface area (Å²) >= 11 is 0. The second kappa shape index (κ2) is 3.87. The summed E-state index contributed by atoms with van der Waals surface area (Å²) in [5, 5.41) is 13.2. The van der Waals surface area contributed by atoms with Gasteiger partial charge in [0.15, 0.2) is 0 Å². The van der Waals surface area contributed by atoms with Gasteiger partial charge >= 0.3 is 0 Å². The van der Waals surface area contributed by atoms with Crippen molar-refractivity contribution < 1.29 is 5.11 Å². The molecule has 0 aromatic carbocycles. The minimum atomic E-state index is -0.0687. The van der Waals surface area contributed by atoms with Gasteiger partial charge < -0.3 is 5.11 Å². The second-order valence-corrected chi connectivity index (χ2v) is 3.80. The van der Waals surface area contributed by atoms with Crippen LogP contribution < -0.4 is 0 Å². The van der Waals surface area contributed by atoms with Crippen LogP contribution in [0.1, 0.15) is 26.1 Å². The molecule has 1 aromatic heterocycles. The van der Waals surface area contributed by atoms with Crippen molar-refractivity contribution >= 4 is 0 Å². The summed E-state index contributed by atoms with van der Waals surface area (Å²) in [6.45, 7) is 4.32. The van der Waals surface area contributed by atoms with Crippen LogP contribution in [-0.4, -0.2) is 26.5 Å². The van der Waals surface area contributed by atoms with Gasteiger partial charge in [-0.2, -0.15) is 5.10 Å². The van der Waals surface area contributed by atoms with Crippen LogP contribution in [-0.2, 0) is 13.5 Å². The number of hydrogen-bond acceptors (Lipinski definition) is 3. The van der Waals surface area contributed by atoms with Crippen molar-refractivity contribution in [3.8, 4) is 0 Å². The molecule has 0 radical (unpaired) electrons. The molecule has 1 aromatic rings. The monoisotopic (exact) mass is 183 g/mol. The van der Waals surface area contributed by atoms with Crippen LogP contribution in [0.2, 0.25) is 0 Å². The molecule has 0 amide bonds. The van der Waals surface area contributed by atoms with Gasteiger partial charge in [-0.1, -0.05) is 13.8 Å². The van der Waals surface area contributed by atoms with Gasteiger partial charge in [0.05, 0.1) is 0 Å². The van der Waals surface area contributed by atoms with Gasteiger partial charge in [-0.3, -0.25) is 4.68 Å². The third kappa shape index (κ3) is 2.28. The van der Waals surface area contributed by atoms with Crippen LogP contribution in [0.5, 0.6) is 0 Å². The first-order chi connectivity index (χ1) is 6.11. The molecule has 0 saturated heterocycles. The van der Waals surface area contributed by atoms with Gasteiger partial charge in [0.1, 0.15) is 12.2 Å². The van der Waals surface area contributed by atoms with Gasteiger partial charge in [-0.25, -0.2) is 4.98 Å². The van der Waals surface area contributed by atoms with Gasteiger partial charge in [-0.15, -0.1) is 0 Å². The Kier molecular flexibility index (Phi) is 3.03. The molecule has 1 rings (SSSR count). The fourth-order valence-electron chi connectivity index (χ4n) is 1.15. The fourth-order valence-corrected chi connectivity index (χ4v) is 1.15. The molecule has 0 fully saturated rings. The van der Waals surface area contributed by atoms with Crippen molar-refractivity contribution in [1.82, 2.24) is 14.8 Å². The Bertz CT molecular complexity index is 266. The number of aliphatic hydroxyl groups excluding tert-OH is 1. The molecule has 0 spiro atoms. The number of rotatable bonds is 4. The van der Waals surface area contributed by atoms with Gasteiger partial charge in [-0.05, 0) is 11.8 Å². The van der Waals surface area contributed by atoms with E-state index < -0.39 is 0 Å². The summed E-state index contributed by atoms with van der Waals surface area (Å²) in [4.78, 5) is 4.14. The lowest BCUT2D eigenvalue weighted by Crippen LogP contribution is -2.25. The van der Waals surface area contributed by atoms with Crippen LogP contribution in [0.4, 0.5) is 0 Å². The molecule has 0 saturated carbocycles. The summed E-state index contributed by atoms with van der Waals surface area (Å²) in [5.74, 6) is 0.929. The van der Waals surface area contributed by atoms with E-state index in [0.29, 0.717) is 0 Å². The van der Waals surface area contributed by atoms with Crippen molar-refractivity contribution in [3.63, 3.8) is 0 Å². The molecule has 0 bridgehead atoms. The highest BCUT2D eigenvalue weighted by Crippen LogP contribution is 2.24. The maximum atomic E-state index is 9.22. The summed E-state index contributed by atoms with van der Waals surface area (Å²) in [7, 11) is 1.87. The summed E-state index contributed by atoms with van der Waals surface area (Å²) in [6.07, 6.45) is 3.26. The Morgan fingerprint density at radius 2 is 2.31 bits per heavy atom. The third-order valence-electron chi connectivity index (χ3n) is 2.63. The summed E-state index contributed by atoms with van der Waals surface area (Å²) in [5.41, 5.74) is -0.0687. The Hall–Kier alpha value is -0.900. The smallest absolute Gasteiger partial charge is 0.138 e. The molecule has 1 N–H and O–H groups in total. The van der Waals surface area contributed by atoms with Crippen molar-refractivity contribution in [3.05, 3.63) is 12.2 Å². The maximum absolute atomic E-state index is 9.22. The first-order valence-electron chi connectivity index (χ1n) is 4.55. The van der Waals surface area contributed by atoms with Crippen molar-refractivity contribution in [1.29, 1.82) is 0 Å². The lowest BCUT2D eigenvalue weighted by atomic mass is 9.85. The van der Waals surface area contributed by atoms with E-state index in [1.165, 1.54) is 0 Å². The van der Waals surface area contributed by atoms with E-state index >= 15 is 0 Å². The molecular formula is C9H17N3O. The minimum Gasteiger partial charge on any atom is -0.396 e. The quantitative estimate of drug-likeness (QED) is 0.750. The van der Waals surface area contributed by atoms with Gasteiger partial charge in [0.2, 0.25) is 0 Å². The highest BCUT2D eigenvalue weighted by Gasteiger charge is 2.23. The van der Waals surface area contributed by atoms with E-state index in [9.17, 15) is 5.11 Å². The largest absolute Gasteiger partial charge is 0.396 e. The highest BCUT2D eigenvalue weighted by atomic mass is 16.3. The summed E-state index contributed by atoms with van der Waals surface area (Å²) < 4.78 is 1.75. The lowest BCUT2D eigenvalue weighted by Gasteiger charge is -2.24. The average molecular weight is 183 g/mol. The number of nitrogens with zero attached hydrogens (tertiary/aromatic N) is 3.